The van der Waals surface area contributed by atoms with Crippen molar-refractivity contribution in [2.45, 2.75) is 6.42 Å². The first-order chi connectivity index (χ1) is 6.02. The molecule has 6 nitrogen and oxygen atoms in total. The van der Waals surface area contributed by atoms with E-state index in [-0.39, 0.29) is 12.6 Å². The number of rotatable bonds is 6. The predicted octanol–water partition coefficient (Wildman–Crippen LogP) is -1.39. The van der Waals surface area contributed by atoms with E-state index in [9.17, 15) is 24.0 Å². The van der Waals surface area contributed by atoms with Crippen LogP contribution in [-0.2, 0) is 24.0 Å². The van der Waals surface area contributed by atoms with Crippen molar-refractivity contribution < 1.29 is 29.1 Å². The molecule has 0 bridgehead atoms. The van der Waals surface area contributed by atoms with Gasteiger partial charge in [-0.2, -0.15) is 0 Å². The number of carboxylic acids is 1. The number of hydrogen-bond donors (Lipinski definition) is 1. The standard InChI is InChI=1S/C7H6O6/c8-2-4(3-9)5(10)1-6(11)7(12)13/h2-4H,1H2,(H,12,13). The van der Waals surface area contributed by atoms with Gasteiger partial charge in [0.1, 0.15) is 18.5 Å². The molecule has 0 fully saturated rings. The van der Waals surface area contributed by atoms with Crippen LogP contribution in [0.3, 0.4) is 0 Å². The Labute approximate surface area is 72.5 Å². The van der Waals surface area contributed by atoms with Gasteiger partial charge >= 0.3 is 5.97 Å². The number of ketones is 2. The molecule has 0 amide bonds. The molecule has 0 rings (SSSR count). The van der Waals surface area contributed by atoms with Crippen molar-refractivity contribution in [3.63, 3.8) is 0 Å². The second-order valence-electron chi connectivity index (χ2n) is 2.17. The fourth-order valence-corrected chi connectivity index (χ4v) is 0.536. The maximum atomic E-state index is 10.8. The average Bonchev–Trinajstić information content (AvgIpc) is 2.06. The van der Waals surface area contributed by atoms with Crippen LogP contribution in [0, 0.1) is 5.92 Å². The van der Waals surface area contributed by atoms with Crippen molar-refractivity contribution in [3.05, 3.63) is 0 Å². The second kappa shape index (κ2) is 4.91. The first-order valence-corrected chi connectivity index (χ1v) is 3.22. The fourth-order valence-electron chi connectivity index (χ4n) is 0.536. The van der Waals surface area contributed by atoms with E-state index in [0.717, 1.165) is 0 Å². The van der Waals surface area contributed by atoms with Crippen molar-refractivity contribution in [1.29, 1.82) is 0 Å². The Balaban J connectivity index is 4.29. The van der Waals surface area contributed by atoms with E-state index in [2.05, 4.69) is 0 Å². The third kappa shape index (κ3) is 3.37. The quantitative estimate of drug-likeness (QED) is 0.311. The third-order valence-electron chi connectivity index (χ3n) is 1.24. The van der Waals surface area contributed by atoms with Gasteiger partial charge in [0.15, 0.2) is 5.78 Å². The molecule has 0 aromatic heterocycles. The van der Waals surface area contributed by atoms with E-state index >= 15 is 0 Å². The molecule has 70 valence electrons. The molecular weight excluding hydrogens is 180 g/mol. The van der Waals surface area contributed by atoms with Gasteiger partial charge in [-0.05, 0) is 0 Å². The van der Waals surface area contributed by atoms with Gasteiger partial charge in [0, 0.05) is 0 Å². The van der Waals surface area contributed by atoms with Crippen LogP contribution < -0.4 is 0 Å². The molecule has 1 N–H and O–H groups in total. The van der Waals surface area contributed by atoms with E-state index in [1.165, 1.54) is 0 Å². The summed E-state index contributed by atoms with van der Waals surface area (Å²) in [6, 6.07) is 0. The first-order valence-electron chi connectivity index (χ1n) is 3.22. The minimum absolute atomic E-state index is 0.0600. The van der Waals surface area contributed by atoms with Crippen LogP contribution in [0.15, 0.2) is 0 Å². The summed E-state index contributed by atoms with van der Waals surface area (Å²) < 4.78 is 0. The minimum Gasteiger partial charge on any atom is -0.475 e. The molecular formula is C7H6O6. The lowest BCUT2D eigenvalue weighted by atomic mass is 10.0. The number of carbonyl (C=O) groups excluding carboxylic acids is 4. The number of aliphatic carboxylic acids is 1. The lowest BCUT2D eigenvalue weighted by molar-refractivity contribution is -0.150. The van der Waals surface area contributed by atoms with E-state index < -0.39 is 29.9 Å². The van der Waals surface area contributed by atoms with Crippen LogP contribution >= 0.6 is 0 Å². The first kappa shape index (κ1) is 11.2. The van der Waals surface area contributed by atoms with E-state index in [4.69, 9.17) is 5.11 Å². The van der Waals surface area contributed by atoms with Crippen molar-refractivity contribution in [1.82, 2.24) is 0 Å². The van der Waals surface area contributed by atoms with Crippen LogP contribution in [0.2, 0.25) is 0 Å². The fraction of sp³-hybridized carbons (Fsp3) is 0.286. The molecule has 0 aromatic carbocycles. The molecule has 0 aliphatic rings. The third-order valence-corrected chi connectivity index (χ3v) is 1.24. The van der Waals surface area contributed by atoms with Crippen LogP contribution in [-0.4, -0.2) is 35.2 Å². The topological polar surface area (TPSA) is 106 Å². The predicted molar refractivity (Wildman–Crippen MR) is 37.9 cm³/mol. The molecule has 13 heavy (non-hydrogen) atoms. The lowest BCUT2D eigenvalue weighted by Crippen LogP contribution is -2.24. The summed E-state index contributed by atoms with van der Waals surface area (Å²) in [5, 5.41) is 8.08. The maximum absolute atomic E-state index is 10.8. The molecule has 0 aliphatic heterocycles. The van der Waals surface area contributed by atoms with Gasteiger partial charge in [-0.15, -0.1) is 0 Å². The Morgan fingerprint density at radius 1 is 1.15 bits per heavy atom. The van der Waals surface area contributed by atoms with Gasteiger partial charge in [-0.1, -0.05) is 0 Å². The van der Waals surface area contributed by atoms with E-state index in [0.29, 0.717) is 0 Å². The summed E-state index contributed by atoms with van der Waals surface area (Å²) in [5.41, 5.74) is 0. The summed E-state index contributed by atoms with van der Waals surface area (Å²) in [5.74, 6) is -5.64. The monoisotopic (exact) mass is 186 g/mol. The van der Waals surface area contributed by atoms with Crippen LogP contribution in [0.25, 0.3) is 0 Å². The number of carboxylic acid groups (broad SMARTS) is 1. The summed E-state index contributed by atoms with van der Waals surface area (Å²) in [4.78, 5) is 51.2. The zero-order valence-electron chi connectivity index (χ0n) is 6.43. The number of hydrogen-bond acceptors (Lipinski definition) is 5. The van der Waals surface area contributed by atoms with Gasteiger partial charge < -0.3 is 14.7 Å². The van der Waals surface area contributed by atoms with Gasteiger partial charge in [0.05, 0.1) is 6.42 Å². The summed E-state index contributed by atoms with van der Waals surface area (Å²) in [6.45, 7) is 0. The number of Topliss-reactive ketones (excluding diaryl/α,β-unsaturated/α-hetero) is 2. The highest BCUT2D eigenvalue weighted by atomic mass is 16.4. The molecule has 0 aromatic rings. The van der Waals surface area contributed by atoms with E-state index in [1.54, 1.807) is 0 Å². The Kier molecular flexibility index (Phi) is 4.21. The SMILES string of the molecule is O=CC(C=O)C(=O)CC(=O)C(=O)O. The molecule has 0 heterocycles. The number of aldehydes is 2. The molecule has 0 unspecified atom stereocenters. The van der Waals surface area contributed by atoms with Crippen molar-refractivity contribution >= 4 is 30.1 Å². The molecule has 0 saturated carbocycles. The van der Waals surface area contributed by atoms with Crippen LogP contribution in [0.4, 0.5) is 0 Å². The van der Waals surface area contributed by atoms with Gasteiger partial charge in [0.25, 0.3) is 0 Å². The Bertz CT molecular complexity index is 258. The maximum Gasteiger partial charge on any atom is 0.372 e. The van der Waals surface area contributed by atoms with Crippen molar-refractivity contribution in [2.24, 2.45) is 5.92 Å². The molecule has 0 aliphatic carbocycles. The highest BCUT2D eigenvalue weighted by molar-refractivity contribution is 6.37. The Hall–Kier alpha value is -1.85. The summed E-state index contributed by atoms with van der Waals surface area (Å²) >= 11 is 0. The molecule has 0 spiro atoms. The normalized spacial score (nSPS) is 9.31. The largest absolute Gasteiger partial charge is 0.475 e. The minimum atomic E-state index is -1.76. The molecule has 0 radical (unpaired) electrons. The molecule has 0 atom stereocenters. The average molecular weight is 186 g/mol. The van der Waals surface area contributed by atoms with Crippen molar-refractivity contribution in [2.75, 3.05) is 0 Å². The zero-order valence-corrected chi connectivity index (χ0v) is 6.43. The molecule has 6 heteroatoms. The van der Waals surface area contributed by atoms with Gasteiger partial charge in [0.2, 0.25) is 5.78 Å². The van der Waals surface area contributed by atoms with Crippen molar-refractivity contribution in [3.8, 4) is 0 Å². The van der Waals surface area contributed by atoms with E-state index in [1.807, 2.05) is 0 Å². The highest BCUT2D eigenvalue weighted by Gasteiger charge is 2.22. The number of carbonyl (C=O) groups is 5. The second-order valence-corrected chi connectivity index (χ2v) is 2.17. The van der Waals surface area contributed by atoms with Gasteiger partial charge in [-0.3, -0.25) is 9.59 Å². The summed E-state index contributed by atoms with van der Waals surface area (Å²) in [6.07, 6.45) is -0.813. The molecule has 0 saturated heterocycles. The van der Waals surface area contributed by atoms with Crippen LogP contribution in [0.1, 0.15) is 6.42 Å². The lowest BCUT2D eigenvalue weighted by Gasteiger charge is -1.97. The Morgan fingerprint density at radius 2 is 1.62 bits per heavy atom. The Morgan fingerprint density at radius 3 is 1.92 bits per heavy atom. The zero-order chi connectivity index (χ0) is 10.4. The summed E-state index contributed by atoms with van der Waals surface area (Å²) in [7, 11) is 0. The highest BCUT2D eigenvalue weighted by Crippen LogP contribution is 1.96. The van der Waals surface area contributed by atoms with Gasteiger partial charge in [-0.25, -0.2) is 4.79 Å². The van der Waals surface area contributed by atoms with Crippen LogP contribution in [0.5, 0.6) is 0 Å². The smallest absolute Gasteiger partial charge is 0.372 e.